The molecule has 6 heteroatoms. The van der Waals surface area contributed by atoms with Crippen LogP contribution >= 0.6 is 0 Å². The van der Waals surface area contributed by atoms with Gasteiger partial charge in [-0.2, -0.15) is 8.78 Å². The highest BCUT2D eigenvalue weighted by molar-refractivity contribution is 5.81. The topological polar surface area (TPSA) is 38.1 Å². The number of aromatic nitrogens is 2. The molecule has 0 amide bonds. The maximum atomic E-state index is 12.5. The van der Waals surface area contributed by atoms with Gasteiger partial charge in [-0.1, -0.05) is 0 Å². The molecule has 1 aromatic heterocycles. The van der Waals surface area contributed by atoms with Gasteiger partial charge in [0.15, 0.2) is 0 Å². The van der Waals surface area contributed by atoms with E-state index in [2.05, 4.69) is 4.98 Å². The minimum absolute atomic E-state index is 0.168. The second-order valence-electron chi connectivity index (χ2n) is 3.88. The fourth-order valence-electron chi connectivity index (χ4n) is 1.89. The molecule has 1 aliphatic rings. The smallest absolute Gasteiger partial charge is 0.298 e. The van der Waals surface area contributed by atoms with Crippen LogP contribution in [-0.2, 0) is 11.3 Å². The van der Waals surface area contributed by atoms with Gasteiger partial charge in [0, 0.05) is 18.8 Å². The van der Waals surface area contributed by atoms with Crippen molar-refractivity contribution >= 4 is 5.78 Å². The molecule has 1 aromatic rings. The van der Waals surface area contributed by atoms with Crippen molar-refractivity contribution in [3.8, 4) is 0 Å². The van der Waals surface area contributed by atoms with Crippen molar-refractivity contribution in [2.24, 2.45) is 0 Å². The number of piperidine rings is 1. The molecule has 4 nitrogen and oxygen atoms in total. The Balaban J connectivity index is 2.02. The highest BCUT2D eigenvalue weighted by Crippen LogP contribution is 2.15. The van der Waals surface area contributed by atoms with Crippen LogP contribution in [-0.4, -0.2) is 33.3 Å². The molecule has 2 heterocycles. The largest absolute Gasteiger partial charge is 0.319 e. The van der Waals surface area contributed by atoms with Gasteiger partial charge in [0.25, 0.3) is 0 Å². The minimum Gasteiger partial charge on any atom is -0.298 e. The quantitative estimate of drug-likeness (QED) is 0.787. The van der Waals surface area contributed by atoms with E-state index in [4.69, 9.17) is 0 Å². The van der Waals surface area contributed by atoms with Crippen LogP contribution in [0.15, 0.2) is 12.4 Å². The van der Waals surface area contributed by atoms with E-state index in [0.29, 0.717) is 25.3 Å². The summed E-state index contributed by atoms with van der Waals surface area (Å²) in [6, 6.07) is 0. The van der Waals surface area contributed by atoms with Crippen LogP contribution in [0.4, 0.5) is 8.78 Å². The average molecular weight is 229 g/mol. The molecule has 0 radical (unpaired) electrons. The Morgan fingerprint density at radius 2 is 2.31 bits per heavy atom. The highest BCUT2D eigenvalue weighted by Gasteiger charge is 2.20. The summed E-state index contributed by atoms with van der Waals surface area (Å²) in [6.07, 6.45) is 4.01. The van der Waals surface area contributed by atoms with Crippen LogP contribution in [0.5, 0.6) is 0 Å². The predicted octanol–water partition coefficient (Wildman–Crippen LogP) is 1.44. The van der Waals surface area contributed by atoms with Gasteiger partial charge in [0.2, 0.25) is 0 Å². The van der Waals surface area contributed by atoms with Crippen molar-refractivity contribution in [3.05, 3.63) is 18.2 Å². The first-order valence-corrected chi connectivity index (χ1v) is 5.21. The molecule has 1 fully saturated rings. The maximum absolute atomic E-state index is 12.5. The number of imidazole rings is 1. The van der Waals surface area contributed by atoms with E-state index in [1.807, 2.05) is 4.90 Å². The van der Waals surface area contributed by atoms with Gasteiger partial charge in [0.1, 0.15) is 11.6 Å². The Morgan fingerprint density at radius 3 is 3.00 bits per heavy atom. The van der Waals surface area contributed by atoms with Gasteiger partial charge in [-0.3, -0.25) is 14.3 Å². The molecule has 1 aliphatic heterocycles. The number of alkyl halides is 2. The summed E-state index contributed by atoms with van der Waals surface area (Å²) in [5.41, 5.74) is 0. The van der Waals surface area contributed by atoms with Crippen molar-refractivity contribution in [1.29, 1.82) is 0 Å². The third-order valence-corrected chi connectivity index (χ3v) is 2.65. The van der Waals surface area contributed by atoms with E-state index in [1.165, 1.54) is 12.4 Å². The van der Waals surface area contributed by atoms with E-state index in [9.17, 15) is 13.6 Å². The second kappa shape index (κ2) is 4.69. The zero-order valence-electron chi connectivity index (χ0n) is 8.77. The van der Waals surface area contributed by atoms with Gasteiger partial charge < -0.3 is 0 Å². The Hall–Kier alpha value is -1.30. The number of ketones is 1. The molecular weight excluding hydrogens is 216 g/mol. The van der Waals surface area contributed by atoms with Crippen molar-refractivity contribution < 1.29 is 13.6 Å². The van der Waals surface area contributed by atoms with Crippen LogP contribution in [0.1, 0.15) is 25.2 Å². The summed E-state index contributed by atoms with van der Waals surface area (Å²) in [5.74, 6) is 0.478. The molecule has 88 valence electrons. The van der Waals surface area contributed by atoms with Gasteiger partial charge in [0.05, 0.1) is 13.1 Å². The SMILES string of the molecule is O=C1CCCN(Cc2nccn2C(F)F)C1. The highest BCUT2D eigenvalue weighted by atomic mass is 19.3. The molecule has 0 aromatic carbocycles. The fraction of sp³-hybridized carbons (Fsp3) is 0.600. The number of carbonyl (C=O) groups excluding carboxylic acids is 1. The Morgan fingerprint density at radius 1 is 1.50 bits per heavy atom. The summed E-state index contributed by atoms with van der Waals surface area (Å²) in [7, 11) is 0. The van der Waals surface area contributed by atoms with Crippen molar-refractivity contribution in [3.63, 3.8) is 0 Å². The third kappa shape index (κ3) is 2.44. The van der Waals surface area contributed by atoms with Crippen LogP contribution in [0.25, 0.3) is 0 Å². The minimum atomic E-state index is -2.57. The van der Waals surface area contributed by atoms with Crippen molar-refractivity contribution in [1.82, 2.24) is 14.5 Å². The van der Waals surface area contributed by atoms with E-state index in [-0.39, 0.29) is 5.78 Å². The van der Waals surface area contributed by atoms with E-state index >= 15 is 0 Å². The summed E-state index contributed by atoms with van der Waals surface area (Å²) < 4.78 is 25.9. The van der Waals surface area contributed by atoms with Gasteiger partial charge in [-0.05, 0) is 13.0 Å². The van der Waals surface area contributed by atoms with Crippen LogP contribution in [0.3, 0.4) is 0 Å². The molecule has 0 aliphatic carbocycles. The summed E-state index contributed by atoms with van der Waals surface area (Å²) in [6.45, 7) is -1.15. The molecular formula is C10H13F2N3O. The lowest BCUT2D eigenvalue weighted by molar-refractivity contribution is -0.122. The number of Topliss-reactive ketones (excluding diaryl/α,β-unsaturated/α-hetero) is 1. The van der Waals surface area contributed by atoms with E-state index in [0.717, 1.165) is 17.5 Å². The van der Waals surface area contributed by atoms with Gasteiger partial charge in [-0.25, -0.2) is 4.98 Å². The zero-order valence-corrected chi connectivity index (χ0v) is 8.77. The van der Waals surface area contributed by atoms with Crippen LogP contribution in [0, 0.1) is 0 Å². The standard InChI is InChI=1S/C10H13F2N3O/c11-10(12)15-5-3-13-9(15)7-14-4-1-2-8(16)6-14/h3,5,10H,1-2,4,6-7H2. The number of halogens is 2. The summed E-state index contributed by atoms with van der Waals surface area (Å²) in [4.78, 5) is 16.9. The van der Waals surface area contributed by atoms with Crippen LogP contribution < -0.4 is 0 Å². The van der Waals surface area contributed by atoms with Crippen LogP contribution in [0.2, 0.25) is 0 Å². The molecule has 0 atom stereocenters. The Kier molecular flexibility index (Phi) is 3.28. The maximum Gasteiger partial charge on any atom is 0.319 e. The monoisotopic (exact) mass is 229 g/mol. The van der Waals surface area contributed by atoms with Crippen molar-refractivity contribution in [2.75, 3.05) is 13.1 Å². The molecule has 0 N–H and O–H groups in total. The fourth-order valence-corrected chi connectivity index (χ4v) is 1.89. The molecule has 2 rings (SSSR count). The summed E-state index contributed by atoms with van der Waals surface area (Å²) in [5, 5.41) is 0. The van der Waals surface area contributed by atoms with E-state index < -0.39 is 6.55 Å². The number of hydrogen-bond donors (Lipinski definition) is 0. The lowest BCUT2D eigenvalue weighted by atomic mass is 10.1. The second-order valence-corrected chi connectivity index (χ2v) is 3.88. The molecule has 1 saturated heterocycles. The number of rotatable bonds is 3. The molecule has 0 unspecified atom stereocenters. The first kappa shape index (κ1) is 11.2. The third-order valence-electron chi connectivity index (χ3n) is 2.65. The molecule has 0 spiro atoms. The van der Waals surface area contributed by atoms with Gasteiger partial charge >= 0.3 is 6.55 Å². The Labute approximate surface area is 91.9 Å². The Bertz CT molecular complexity index is 378. The van der Waals surface area contributed by atoms with Gasteiger partial charge in [-0.15, -0.1) is 0 Å². The molecule has 0 saturated carbocycles. The lowest BCUT2D eigenvalue weighted by Gasteiger charge is -2.25. The first-order chi connectivity index (χ1) is 7.66. The van der Waals surface area contributed by atoms with Crippen molar-refractivity contribution in [2.45, 2.75) is 25.9 Å². The molecule has 16 heavy (non-hydrogen) atoms. The summed E-state index contributed by atoms with van der Waals surface area (Å²) >= 11 is 0. The van der Waals surface area contributed by atoms with E-state index in [1.54, 1.807) is 0 Å². The predicted molar refractivity (Wildman–Crippen MR) is 53.0 cm³/mol. The molecule has 0 bridgehead atoms. The number of nitrogens with zero attached hydrogens (tertiary/aromatic N) is 3. The average Bonchev–Trinajstić information content (AvgIpc) is 2.66. The lowest BCUT2D eigenvalue weighted by Crippen LogP contribution is -2.35. The normalized spacial score (nSPS) is 18.3. The first-order valence-electron chi connectivity index (χ1n) is 5.21. The number of carbonyl (C=O) groups is 1. The zero-order chi connectivity index (χ0) is 11.5. The number of hydrogen-bond acceptors (Lipinski definition) is 3. The number of likely N-dealkylation sites (tertiary alicyclic amines) is 1.